The minimum atomic E-state index is -0.111. The molecule has 1 aliphatic rings. The summed E-state index contributed by atoms with van der Waals surface area (Å²) in [7, 11) is 0. The first-order valence-electron chi connectivity index (χ1n) is 9.48. The molecule has 0 unspecified atom stereocenters. The number of halogens is 1. The Labute approximate surface area is 151 Å². The van der Waals surface area contributed by atoms with E-state index in [1.807, 2.05) is 37.3 Å². The van der Waals surface area contributed by atoms with Crippen LogP contribution in [0.4, 0.5) is 10.1 Å². The number of benzene rings is 2. The van der Waals surface area contributed by atoms with Crippen LogP contribution in [0.2, 0.25) is 0 Å². The quantitative estimate of drug-likeness (QED) is 0.746. The van der Waals surface area contributed by atoms with Crippen LogP contribution >= 0.6 is 0 Å². The van der Waals surface area contributed by atoms with Crippen LogP contribution < -0.4 is 4.90 Å². The molecule has 2 aromatic carbocycles. The minimum absolute atomic E-state index is 0.111. The van der Waals surface area contributed by atoms with Crippen molar-refractivity contribution in [3.8, 4) is 11.1 Å². The zero-order valence-corrected chi connectivity index (χ0v) is 15.6. The number of hydrogen-bond donors (Lipinski definition) is 0. The van der Waals surface area contributed by atoms with E-state index in [-0.39, 0.29) is 5.82 Å². The van der Waals surface area contributed by atoms with E-state index in [0.717, 1.165) is 31.7 Å². The SMILES string of the molecule is CCN(CC)C1CCN(c2cccc(-c3cccc(C)c3F)c2)CC1. The van der Waals surface area contributed by atoms with Gasteiger partial charge in [0.05, 0.1) is 0 Å². The normalized spacial score (nSPS) is 15.8. The highest BCUT2D eigenvalue weighted by molar-refractivity contribution is 5.69. The molecule has 0 atom stereocenters. The van der Waals surface area contributed by atoms with Crippen molar-refractivity contribution in [3.63, 3.8) is 0 Å². The van der Waals surface area contributed by atoms with Gasteiger partial charge in [-0.1, -0.05) is 44.2 Å². The van der Waals surface area contributed by atoms with Gasteiger partial charge in [0.25, 0.3) is 0 Å². The molecule has 0 radical (unpaired) electrons. The maximum atomic E-state index is 14.5. The summed E-state index contributed by atoms with van der Waals surface area (Å²) in [5, 5.41) is 0. The average molecular weight is 340 g/mol. The standard InChI is InChI=1S/C22H29FN2/c1-4-24(5-2)19-12-14-25(15-13-19)20-10-7-9-18(16-20)21-11-6-8-17(3)22(21)23/h6-11,16,19H,4-5,12-15H2,1-3H3. The lowest BCUT2D eigenvalue weighted by Gasteiger charge is -2.38. The van der Waals surface area contributed by atoms with Crippen molar-refractivity contribution in [2.45, 2.75) is 39.7 Å². The highest BCUT2D eigenvalue weighted by Gasteiger charge is 2.23. The maximum Gasteiger partial charge on any atom is 0.133 e. The number of piperidine rings is 1. The van der Waals surface area contributed by atoms with Crippen molar-refractivity contribution in [3.05, 3.63) is 53.8 Å². The van der Waals surface area contributed by atoms with Crippen LogP contribution in [0.25, 0.3) is 11.1 Å². The van der Waals surface area contributed by atoms with Crippen LogP contribution in [0.1, 0.15) is 32.3 Å². The molecule has 2 nitrogen and oxygen atoms in total. The molecule has 3 rings (SSSR count). The van der Waals surface area contributed by atoms with E-state index in [0.29, 0.717) is 17.2 Å². The Morgan fingerprint density at radius 2 is 1.72 bits per heavy atom. The first-order valence-corrected chi connectivity index (χ1v) is 9.48. The summed E-state index contributed by atoms with van der Waals surface area (Å²) >= 11 is 0. The highest BCUT2D eigenvalue weighted by atomic mass is 19.1. The third-order valence-electron chi connectivity index (χ3n) is 5.51. The van der Waals surface area contributed by atoms with Crippen molar-refractivity contribution < 1.29 is 4.39 Å². The van der Waals surface area contributed by atoms with Crippen LogP contribution in [0.15, 0.2) is 42.5 Å². The van der Waals surface area contributed by atoms with Crippen LogP contribution in [0.3, 0.4) is 0 Å². The van der Waals surface area contributed by atoms with Crippen molar-refractivity contribution in [2.24, 2.45) is 0 Å². The van der Waals surface area contributed by atoms with Gasteiger partial charge in [-0.2, -0.15) is 0 Å². The fourth-order valence-electron chi connectivity index (χ4n) is 3.97. The Bertz CT molecular complexity index is 701. The predicted octanol–water partition coefficient (Wildman–Crippen LogP) is 5.11. The molecule has 134 valence electrons. The first kappa shape index (κ1) is 17.9. The molecule has 0 N–H and O–H groups in total. The van der Waals surface area contributed by atoms with E-state index < -0.39 is 0 Å². The summed E-state index contributed by atoms with van der Waals surface area (Å²) in [4.78, 5) is 5.01. The molecule has 0 aliphatic carbocycles. The lowest BCUT2D eigenvalue weighted by Crippen LogP contribution is -2.44. The van der Waals surface area contributed by atoms with Crippen molar-refractivity contribution in [1.82, 2.24) is 4.90 Å². The Hall–Kier alpha value is -1.87. The Morgan fingerprint density at radius 3 is 2.40 bits per heavy atom. The second-order valence-corrected chi connectivity index (χ2v) is 6.93. The molecular weight excluding hydrogens is 311 g/mol. The molecule has 0 spiro atoms. The number of aryl methyl sites for hydroxylation is 1. The van der Waals surface area contributed by atoms with Gasteiger partial charge in [-0.15, -0.1) is 0 Å². The van der Waals surface area contributed by atoms with E-state index >= 15 is 0 Å². The van der Waals surface area contributed by atoms with E-state index in [1.165, 1.54) is 18.5 Å². The zero-order valence-electron chi connectivity index (χ0n) is 15.6. The smallest absolute Gasteiger partial charge is 0.133 e. The summed E-state index contributed by atoms with van der Waals surface area (Å²) in [5.74, 6) is -0.111. The van der Waals surface area contributed by atoms with Gasteiger partial charge < -0.3 is 9.80 Å². The average Bonchev–Trinajstić information content (AvgIpc) is 2.66. The van der Waals surface area contributed by atoms with Gasteiger partial charge in [0.15, 0.2) is 0 Å². The summed E-state index contributed by atoms with van der Waals surface area (Å²) in [6.07, 6.45) is 2.40. The zero-order chi connectivity index (χ0) is 17.8. The van der Waals surface area contributed by atoms with E-state index in [1.54, 1.807) is 0 Å². The molecule has 0 aromatic heterocycles. The predicted molar refractivity (Wildman–Crippen MR) is 105 cm³/mol. The van der Waals surface area contributed by atoms with Gasteiger partial charge in [0.2, 0.25) is 0 Å². The van der Waals surface area contributed by atoms with Gasteiger partial charge in [-0.3, -0.25) is 0 Å². The van der Waals surface area contributed by atoms with Gasteiger partial charge in [0.1, 0.15) is 5.82 Å². The number of rotatable bonds is 5. The fourth-order valence-corrected chi connectivity index (χ4v) is 3.97. The second kappa shape index (κ2) is 8.01. The van der Waals surface area contributed by atoms with E-state index in [4.69, 9.17) is 0 Å². The van der Waals surface area contributed by atoms with Crippen LogP contribution in [-0.2, 0) is 0 Å². The lowest BCUT2D eigenvalue weighted by molar-refractivity contribution is 0.186. The van der Waals surface area contributed by atoms with Crippen molar-refractivity contribution >= 4 is 5.69 Å². The maximum absolute atomic E-state index is 14.5. The molecule has 1 aliphatic heterocycles. The lowest BCUT2D eigenvalue weighted by atomic mass is 9.99. The number of hydrogen-bond acceptors (Lipinski definition) is 2. The molecule has 0 bridgehead atoms. The van der Waals surface area contributed by atoms with Crippen LogP contribution in [0.5, 0.6) is 0 Å². The summed E-state index contributed by atoms with van der Waals surface area (Å²) in [6.45, 7) is 10.7. The fraction of sp³-hybridized carbons (Fsp3) is 0.455. The van der Waals surface area contributed by atoms with Crippen LogP contribution in [-0.4, -0.2) is 37.1 Å². The molecule has 2 aromatic rings. The van der Waals surface area contributed by atoms with Gasteiger partial charge in [0, 0.05) is 30.4 Å². The van der Waals surface area contributed by atoms with Crippen LogP contribution in [0, 0.1) is 12.7 Å². The largest absolute Gasteiger partial charge is 0.371 e. The molecule has 3 heteroatoms. The Balaban J connectivity index is 1.76. The van der Waals surface area contributed by atoms with E-state index in [9.17, 15) is 4.39 Å². The topological polar surface area (TPSA) is 6.48 Å². The molecule has 0 saturated carbocycles. The third-order valence-corrected chi connectivity index (χ3v) is 5.51. The van der Waals surface area contributed by atoms with Gasteiger partial charge >= 0.3 is 0 Å². The minimum Gasteiger partial charge on any atom is -0.371 e. The van der Waals surface area contributed by atoms with Gasteiger partial charge in [-0.05, 0) is 56.1 Å². The van der Waals surface area contributed by atoms with Gasteiger partial charge in [-0.25, -0.2) is 4.39 Å². The monoisotopic (exact) mass is 340 g/mol. The summed E-state index contributed by atoms with van der Waals surface area (Å²) in [5.41, 5.74) is 3.56. The third kappa shape index (κ3) is 3.87. The summed E-state index contributed by atoms with van der Waals surface area (Å²) < 4.78 is 14.5. The Morgan fingerprint density at radius 1 is 1.04 bits per heavy atom. The molecule has 1 saturated heterocycles. The molecule has 1 heterocycles. The molecule has 0 amide bonds. The Kier molecular flexibility index (Phi) is 5.74. The number of anilines is 1. The molecule has 25 heavy (non-hydrogen) atoms. The first-order chi connectivity index (χ1) is 12.1. The second-order valence-electron chi connectivity index (χ2n) is 6.93. The van der Waals surface area contributed by atoms with Crippen molar-refractivity contribution in [2.75, 3.05) is 31.1 Å². The van der Waals surface area contributed by atoms with Crippen molar-refractivity contribution in [1.29, 1.82) is 0 Å². The highest BCUT2D eigenvalue weighted by Crippen LogP contribution is 2.30. The van der Waals surface area contributed by atoms with E-state index in [2.05, 4.69) is 35.8 Å². The number of nitrogens with zero attached hydrogens (tertiary/aromatic N) is 2. The molecular formula is C22H29FN2. The summed E-state index contributed by atoms with van der Waals surface area (Å²) in [6, 6.07) is 14.6. The molecule has 1 fully saturated rings.